The highest BCUT2D eigenvalue weighted by molar-refractivity contribution is 8.03. The van der Waals surface area contributed by atoms with Crippen LogP contribution >= 0.6 is 11.8 Å². The summed E-state index contributed by atoms with van der Waals surface area (Å²) in [6, 6.07) is 20.3. The van der Waals surface area contributed by atoms with Gasteiger partial charge < -0.3 is 5.32 Å². The first-order valence-corrected chi connectivity index (χ1v) is 8.22. The van der Waals surface area contributed by atoms with Crippen molar-refractivity contribution in [3.63, 3.8) is 0 Å². The van der Waals surface area contributed by atoms with Crippen LogP contribution in [0.25, 0.3) is 0 Å². The monoisotopic (exact) mass is 333 g/mol. The molecular formula is C19H15N3OS. The minimum absolute atomic E-state index is 0.0411. The molecule has 0 aliphatic carbocycles. The van der Waals surface area contributed by atoms with Gasteiger partial charge in [-0.15, -0.1) is 0 Å². The number of para-hydroxylation sites is 1. The Hall–Kier alpha value is -3.02. The number of benzene rings is 2. The second-order valence-electron chi connectivity index (χ2n) is 5.00. The van der Waals surface area contributed by atoms with E-state index in [4.69, 9.17) is 10.5 Å². The van der Waals surface area contributed by atoms with E-state index in [-0.39, 0.29) is 17.1 Å². The number of thioether (sulfide) groups is 1. The van der Waals surface area contributed by atoms with E-state index in [1.165, 1.54) is 0 Å². The number of allylic oxidation sites excluding steroid dienone is 1. The number of nitriles is 2. The lowest BCUT2D eigenvalue weighted by molar-refractivity contribution is 0.102. The predicted molar refractivity (Wildman–Crippen MR) is 96.3 cm³/mol. The van der Waals surface area contributed by atoms with E-state index >= 15 is 0 Å². The summed E-state index contributed by atoms with van der Waals surface area (Å²) >= 11 is 1.15. The van der Waals surface area contributed by atoms with E-state index in [0.29, 0.717) is 10.6 Å². The summed E-state index contributed by atoms with van der Waals surface area (Å²) < 4.78 is 0. The van der Waals surface area contributed by atoms with Crippen molar-refractivity contribution in [1.82, 2.24) is 0 Å². The molecule has 0 radical (unpaired) electrons. The molecule has 0 atom stereocenters. The Kier molecular flexibility index (Phi) is 6.19. The lowest BCUT2D eigenvalue weighted by Gasteiger charge is -2.10. The van der Waals surface area contributed by atoms with Gasteiger partial charge in [-0.3, -0.25) is 4.79 Å². The van der Waals surface area contributed by atoms with Gasteiger partial charge in [-0.05, 0) is 19.1 Å². The fourth-order valence-corrected chi connectivity index (χ4v) is 2.78. The third-order valence-electron chi connectivity index (χ3n) is 3.20. The number of hydrogen-bond donors (Lipinski definition) is 1. The zero-order valence-electron chi connectivity index (χ0n) is 13.1. The minimum Gasteiger partial charge on any atom is -0.349 e. The zero-order chi connectivity index (χ0) is 17.4. The quantitative estimate of drug-likeness (QED) is 0.630. The van der Waals surface area contributed by atoms with Crippen molar-refractivity contribution in [1.29, 1.82) is 10.5 Å². The Morgan fingerprint density at radius 3 is 2.25 bits per heavy atom. The topological polar surface area (TPSA) is 76.7 Å². The second-order valence-corrected chi connectivity index (χ2v) is 5.98. The molecule has 2 aromatic rings. The smallest absolute Gasteiger partial charge is 0.173 e. The summed E-state index contributed by atoms with van der Waals surface area (Å²) in [6.07, 6.45) is 0. The summed E-state index contributed by atoms with van der Waals surface area (Å²) in [4.78, 5) is 12.3. The summed E-state index contributed by atoms with van der Waals surface area (Å²) in [5.74, 6) is 0.0908. The summed E-state index contributed by atoms with van der Waals surface area (Å²) in [5, 5.41) is 21.7. The number of carbonyl (C=O) groups is 1. The van der Waals surface area contributed by atoms with Crippen molar-refractivity contribution in [3.05, 3.63) is 76.3 Å². The molecule has 0 saturated heterocycles. The number of nitrogens with zero attached hydrogens (tertiary/aromatic N) is 2. The zero-order valence-corrected chi connectivity index (χ0v) is 13.9. The van der Waals surface area contributed by atoms with Crippen LogP contribution in [-0.2, 0) is 0 Å². The Labute approximate surface area is 145 Å². The number of nitrogens with one attached hydrogen (secondary N) is 1. The Balaban J connectivity index is 2.13. The van der Waals surface area contributed by atoms with Gasteiger partial charge in [0.25, 0.3) is 0 Å². The fraction of sp³-hybridized carbons (Fsp3) is 0.105. The third kappa shape index (κ3) is 4.74. The molecule has 2 aromatic carbocycles. The number of ketones is 1. The number of anilines is 1. The fourth-order valence-electron chi connectivity index (χ4n) is 1.91. The van der Waals surface area contributed by atoms with Crippen molar-refractivity contribution in [2.45, 2.75) is 6.92 Å². The molecule has 1 N–H and O–H groups in total. The molecule has 0 aromatic heterocycles. The maximum Gasteiger partial charge on any atom is 0.173 e. The maximum atomic E-state index is 12.3. The van der Waals surface area contributed by atoms with E-state index in [1.54, 1.807) is 12.1 Å². The molecule has 0 aliphatic heterocycles. The molecule has 2 rings (SSSR count). The van der Waals surface area contributed by atoms with Crippen molar-refractivity contribution in [2.24, 2.45) is 0 Å². The molecule has 0 saturated carbocycles. The van der Waals surface area contributed by atoms with Crippen molar-refractivity contribution >= 4 is 23.2 Å². The molecule has 0 bridgehead atoms. The van der Waals surface area contributed by atoms with Crippen LogP contribution in [0.15, 0.2) is 65.2 Å². The number of aryl methyl sites for hydroxylation is 1. The van der Waals surface area contributed by atoms with Gasteiger partial charge >= 0.3 is 0 Å². The minimum atomic E-state index is -0.0532. The first-order chi connectivity index (χ1) is 11.6. The van der Waals surface area contributed by atoms with E-state index in [0.717, 1.165) is 23.0 Å². The van der Waals surface area contributed by atoms with E-state index in [1.807, 2.05) is 61.5 Å². The molecule has 0 aliphatic rings. The number of carbonyl (C=O) groups excluding carboxylic acids is 1. The number of Topliss-reactive ketones (excluding diaryl/α,β-unsaturated/α-hetero) is 1. The largest absolute Gasteiger partial charge is 0.349 e. The third-order valence-corrected chi connectivity index (χ3v) is 4.20. The molecule has 0 spiro atoms. The van der Waals surface area contributed by atoms with Crippen LogP contribution in [0.3, 0.4) is 0 Å². The molecule has 5 heteroatoms. The van der Waals surface area contributed by atoms with E-state index in [2.05, 4.69) is 5.32 Å². The standard InChI is InChI=1S/C19H15N3OS/c1-14-7-9-15(10-8-14)18(23)13-24-19(16(11-20)12-21)22-17-5-3-2-4-6-17/h2-10,22H,13H2,1H3. The van der Waals surface area contributed by atoms with Crippen molar-refractivity contribution in [3.8, 4) is 12.1 Å². The number of rotatable bonds is 6. The van der Waals surface area contributed by atoms with Crippen LogP contribution in [0.1, 0.15) is 15.9 Å². The van der Waals surface area contributed by atoms with Crippen LogP contribution in [0, 0.1) is 29.6 Å². The lowest BCUT2D eigenvalue weighted by Crippen LogP contribution is -2.06. The van der Waals surface area contributed by atoms with Crippen LogP contribution in [0.5, 0.6) is 0 Å². The van der Waals surface area contributed by atoms with Gasteiger partial charge in [0.1, 0.15) is 17.2 Å². The summed E-state index contributed by atoms with van der Waals surface area (Å²) in [6.45, 7) is 1.96. The molecule has 118 valence electrons. The molecule has 4 nitrogen and oxygen atoms in total. The molecule has 24 heavy (non-hydrogen) atoms. The van der Waals surface area contributed by atoms with Crippen LogP contribution < -0.4 is 5.32 Å². The summed E-state index contributed by atoms with van der Waals surface area (Å²) in [7, 11) is 0. The van der Waals surface area contributed by atoms with Gasteiger partial charge in [0.2, 0.25) is 0 Å². The van der Waals surface area contributed by atoms with Gasteiger partial charge in [-0.1, -0.05) is 59.8 Å². The molecule has 0 amide bonds. The predicted octanol–water partition coefficient (Wildman–Crippen LogP) is 4.28. The molecule has 0 heterocycles. The second kappa shape index (κ2) is 8.57. The van der Waals surface area contributed by atoms with Crippen molar-refractivity contribution < 1.29 is 4.79 Å². The molecule has 0 fully saturated rings. The highest BCUT2D eigenvalue weighted by Crippen LogP contribution is 2.23. The van der Waals surface area contributed by atoms with Gasteiger partial charge in [0, 0.05) is 11.3 Å². The van der Waals surface area contributed by atoms with Gasteiger partial charge in [0.05, 0.1) is 5.75 Å². The van der Waals surface area contributed by atoms with Gasteiger partial charge in [-0.25, -0.2) is 0 Å². The Morgan fingerprint density at radius 2 is 1.67 bits per heavy atom. The molecular weight excluding hydrogens is 318 g/mol. The average molecular weight is 333 g/mol. The van der Waals surface area contributed by atoms with E-state index in [9.17, 15) is 4.79 Å². The highest BCUT2D eigenvalue weighted by atomic mass is 32.2. The van der Waals surface area contributed by atoms with Gasteiger partial charge in [0.15, 0.2) is 11.4 Å². The first-order valence-electron chi connectivity index (χ1n) is 7.23. The highest BCUT2D eigenvalue weighted by Gasteiger charge is 2.12. The van der Waals surface area contributed by atoms with Crippen LogP contribution in [-0.4, -0.2) is 11.5 Å². The normalized spacial score (nSPS) is 9.46. The van der Waals surface area contributed by atoms with Gasteiger partial charge in [-0.2, -0.15) is 10.5 Å². The first kappa shape index (κ1) is 17.3. The van der Waals surface area contributed by atoms with Crippen LogP contribution in [0.2, 0.25) is 0 Å². The summed E-state index contributed by atoms with van der Waals surface area (Å²) in [5.41, 5.74) is 2.41. The molecule has 0 unspecified atom stereocenters. The van der Waals surface area contributed by atoms with Crippen LogP contribution in [0.4, 0.5) is 5.69 Å². The van der Waals surface area contributed by atoms with Crippen molar-refractivity contribution in [2.75, 3.05) is 11.1 Å². The number of hydrogen-bond acceptors (Lipinski definition) is 5. The van der Waals surface area contributed by atoms with E-state index < -0.39 is 0 Å². The Bertz CT molecular complexity index is 812. The SMILES string of the molecule is Cc1ccc(C(=O)CSC(Nc2ccccc2)=C(C#N)C#N)cc1. The Morgan fingerprint density at radius 1 is 1.04 bits per heavy atom. The maximum absolute atomic E-state index is 12.3. The lowest BCUT2D eigenvalue weighted by atomic mass is 10.1. The average Bonchev–Trinajstić information content (AvgIpc) is 2.61.